The lowest BCUT2D eigenvalue weighted by molar-refractivity contribution is -0.126. The van der Waals surface area contributed by atoms with Crippen molar-refractivity contribution in [2.75, 3.05) is 7.05 Å². The third kappa shape index (κ3) is 2.69. The van der Waals surface area contributed by atoms with Crippen molar-refractivity contribution in [1.82, 2.24) is 10.6 Å². The fourth-order valence-corrected chi connectivity index (χ4v) is 3.18. The van der Waals surface area contributed by atoms with E-state index in [-0.39, 0.29) is 5.91 Å². The molecule has 1 aromatic heterocycles. The number of rotatable bonds is 4. The van der Waals surface area contributed by atoms with Gasteiger partial charge in [-0.3, -0.25) is 4.79 Å². The molecule has 0 radical (unpaired) electrons. The molecule has 0 saturated carbocycles. The van der Waals surface area contributed by atoms with Gasteiger partial charge in [0.1, 0.15) is 0 Å². The van der Waals surface area contributed by atoms with Gasteiger partial charge in [-0.15, -0.1) is 11.3 Å². The summed E-state index contributed by atoms with van der Waals surface area (Å²) in [4.78, 5) is 14.7. The van der Waals surface area contributed by atoms with Crippen LogP contribution in [0.3, 0.4) is 0 Å². The fraction of sp³-hybridized carbons (Fsp3) is 0.615. The van der Waals surface area contributed by atoms with Gasteiger partial charge < -0.3 is 10.6 Å². The van der Waals surface area contributed by atoms with Gasteiger partial charge in [-0.25, -0.2) is 0 Å². The highest BCUT2D eigenvalue weighted by atomic mass is 32.1. The monoisotopic (exact) mass is 252 g/mol. The molecule has 2 rings (SSSR count). The Morgan fingerprint density at radius 1 is 1.47 bits per heavy atom. The van der Waals surface area contributed by atoms with Crippen molar-refractivity contribution in [3.05, 3.63) is 21.4 Å². The molecule has 0 aromatic carbocycles. The Morgan fingerprint density at radius 3 is 2.88 bits per heavy atom. The topological polar surface area (TPSA) is 41.1 Å². The summed E-state index contributed by atoms with van der Waals surface area (Å²) < 4.78 is 0. The van der Waals surface area contributed by atoms with Crippen LogP contribution in [0.5, 0.6) is 0 Å². The average Bonchev–Trinajstić information content (AvgIpc) is 2.85. The minimum absolute atomic E-state index is 0.0496. The smallest absolute Gasteiger partial charge is 0.240 e. The first-order valence-electron chi connectivity index (χ1n) is 6.10. The number of hydrogen-bond acceptors (Lipinski definition) is 3. The van der Waals surface area contributed by atoms with Crippen molar-refractivity contribution in [3.63, 3.8) is 0 Å². The third-order valence-corrected chi connectivity index (χ3v) is 4.65. The second-order valence-corrected chi connectivity index (χ2v) is 6.29. The molecule has 0 saturated heterocycles. The van der Waals surface area contributed by atoms with Crippen LogP contribution in [0.2, 0.25) is 0 Å². The number of carbonyl (C=O) groups is 1. The molecule has 2 N–H and O–H groups in total. The van der Waals surface area contributed by atoms with Crippen molar-refractivity contribution in [3.8, 4) is 0 Å². The molecule has 0 aliphatic heterocycles. The van der Waals surface area contributed by atoms with E-state index in [4.69, 9.17) is 0 Å². The van der Waals surface area contributed by atoms with E-state index in [1.807, 2.05) is 25.2 Å². The van der Waals surface area contributed by atoms with Crippen LogP contribution in [-0.4, -0.2) is 18.5 Å². The molecule has 1 heterocycles. The van der Waals surface area contributed by atoms with Gasteiger partial charge in [-0.1, -0.05) is 0 Å². The van der Waals surface area contributed by atoms with E-state index in [1.165, 1.54) is 34.6 Å². The Kier molecular flexibility index (Phi) is 3.54. The van der Waals surface area contributed by atoms with E-state index in [1.54, 1.807) is 7.05 Å². The lowest BCUT2D eigenvalue weighted by Crippen LogP contribution is -2.50. The summed E-state index contributed by atoms with van der Waals surface area (Å²) in [5.74, 6) is 0.0496. The molecule has 0 atom stereocenters. The molecule has 0 fully saturated rings. The minimum Gasteiger partial charge on any atom is -0.350 e. The van der Waals surface area contributed by atoms with Gasteiger partial charge >= 0.3 is 0 Å². The lowest BCUT2D eigenvalue weighted by Gasteiger charge is -2.22. The second kappa shape index (κ2) is 4.78. The van der Waals surface area contributed by atoms with Crippen LogP contribution < -0.4 is 10.6 Å². The summed E-state index contributed by atoms with van der Waals surface area (Å²) in [5.41, 5.74) is 0.993. The third-order valence-electron chi connectivity index (χ3n) is 3.41. The molecular weight excluding hydrogens is 232 g/mol. The van der Waals surface area contributed by atoms with Crippen molar-refractivity contribution in [1.29, 1.82) is 0 Å². The predicted octanol–water partition coefficient (Wildman–Crippen LogP) is 1.85. The molecule has 17 heavy (non-hydrogen) atoms. The van der Waals surface area contributed by atoms with Crippen LogP contribution in [0.15, 0.2) is 6.07 Å². The highest BCUT2D eigenvalue weighted by Crippen LogP contribution is 2.30. The largest absolute Gasteiger partial charge is 0.350 e. The van der Waals surface area contributed by atoms with E-state index in [2.05, 4.69) is 16.7 Å². The summed E-state index contributed by atoms with van der Waals surface area (Å²) in [6.45, 7) is 4.43. The lowest BCUT2D eigenvalue weighted by atomic mass is 10.1. The molecule has 1 amide bonds. The van der Waals surface area contributed by atoms with Gasteiger partial charge in [0.2, 0.25) is 5.91 Å². The molecule has 3 nitrogen and oxygen atoms in total. The van der Waals surface area contributed by atoms with Crippen LogP contribution in [0, 0.1) is 0 Å². The Labute approximate surface area is 107 Å². The van der Waals surface area contributed by atoms with Gasteiger partial charge in [0, 0.05) is 9.75 Å². The Balaban J connectivity index is 1.92. The normalized spacial score (nSPS) is 14.8. The molecule has 1 aromatic rings. The van der Waals surface area contributed by atoms with E-state index in [0.717, 1.165) is 0 Å². The summed E-state index contributed by atoms with van der Waals surface area (Å²) in [6.07, 6.45) is 3.72. The summed E-state index contributed by atoms with van der Waals surface area (Å²) >= 11 is 1.85. The van der Waals surface area contributed by atoms with Gasteiger partial charge in [0.25, 0.3) is 0 Å². The van der Waals surface area contributed by atoms with E-state index < -0.39 is 5.54 Å². The van der Waals surface area contributed by atoms with E-state index in [9.17, 15) is 4.79 Å². The van der Waals surface area contributed by atoms with Gasteiger partial charge in [-0.05, 0) is 51.8 Å². The Morgan fingerprint density at radius 2 is 2.24 bits per heavy atom. The van der Waals surface area contributed by atoms with Gasteiger partial charge in [0.15, 0.2) is 0 Å². The van der Waals surface area contributed by atoms with E-state index >= 15 is 0 Å². The maximum Gasteiger partial charge on any atom is 0.240 e. The van der Waals surface area contributed by atoms with Crippen molar-refractivity contribution in [2.45, 2.75) is 45.2 Å². The highest BCUT2D eigenvalue weighted by molar-refractivity contribution is 7.12. The van der Waals surface area contributed by atoms with E-state index in [0.29, 0.717) is 6.54 Å². The van der Waals surface area contributed by atoms with Crippen molar-refractivity contribution in [2.24, 2.45) is 0 Å². The second-order valence-electron chi connectivity index (χ2n) is 5.07. The first kappa shape index (κ1) is 12.6. The maximum absolute atomic E-state index is 11.9. The molecule has 0 spiro atoms. The van der Waals surface area contributed by atoms with Crippen LogP contribution >= 0.6 is 11.3 Å². The predicted molar refractivity (Wildman–Crippen MR) is 71.3 cm³/mol. The zero-order valence-electron chi connectivity index (χ0n) is 10.7. The molecule has 94 valence electrons. The van der Waals surface area contributed by atoms with Crippen molar-refractivity contribution >= 4 is 17.2 Å². The summed E-state index contributed by atoms with van der Waals surface area (Å²) in [6, 6.07) is 2.25. The highest BCUT2D eigenvalue weighted by Gasteiger charge is 2.25. The van der Waals surface area contributed by atoms with Gasteiger partial charge in [0.05, 0.1) is 12.1 Å². The average molecular weight is 252 g/mol. The number of thiophene rings is 1. The molecule has 1 aliphatic carbocycles. The molecular formula is C13H20N2OS. The summed E-state index contributed by atoms with van der Waals surface area (Å²) in [5, 5.41) is 6.00. The van der Waals surface area contributed by atoms with Crippen LogP contribution in [0.25, 0.3) is 0 Å². The minimum atomic E-state index is -0.500. The standard InChI is InChI=1S/C13H20N2OS/c1-13(2,14-3)12(16)15-8-10-7-9-5-4-6-11(9)17-10/h7,14H,4-6,8H2,1-3H3,(H,15,16). The number of fused-ring (bicyclic) bond motifs is 1. The Hall–Kier alpha value is -0.870. The Bertz CT molecular complexity index is 402. The first-order valence-corrected chi connectivity index (χ1v) is 6.92. The van der Waals surface area contributed by atoms with Crippen LogP contribution in [0.4, 0.5) is 0 Å². The maximum atomic E-state index is 11.9. The number of hydrogen-bond donors (Lipinski definition) is 2. The zero-order valence-corrected chi connectivity index (χ0v) is 11.5. The zero-order chi connectivity index (χ0) is 12.5. The van der Waals surface area contributed by atoms with Crippen molar-refractivity contribution < 1.29 is 4.79 Å². The summed E-state index contributed by atoms with van der Waals surface area (Å²) in [7, 11) is 1.80. The van der Waals surface area contributed by atoms with Gasteiger partial charge in [-0.2, -0.15) is 0 Å². The molecule has 1 aliphatic rings. The molecule has 0 bridgehead atoms. The number of likely N-dealkylation sites (N-methyl/N-ethyl adjacent to an activating group) is 1. The number of aryl methyl sites for hydroxylation is 2. The number of nitrogens with one attached hydrogen (secondary N) is 2. The number of amides is 1. The van der Waals surface area contributed by atoms with Crippen LogP contribution in [-0.2, 0) is 24.2 Å². The fourth-order valence-electron chi connectivity index (χ4n) is 1.98. The SMILES string of the molecule is CNC(C)(C)C(=O)NCc1cc2c(s1)CCC2. The van der Waals surface area contributed by atoms with Crippen LogP contribution in [0.1, 0.15) is 35.6 Å². The number of carbonyl (C=O) groups excluding carboxylic acids is 1. The quantitative estimate of drug-likeness (QED) is 0.858. The molecule has 0 unspecified atom stereocenters. The molecule has 4 heteroatoms. The first-order chi connectivity index (χ1) is 8.03.